The first-order chi connectivity index (χ1) is 12.1. The second-order valence-corrected chi connectivity index (χ2v) is 6.73. The van der Waals surface area contributed by atoms with Crippen LogP contribution in [-0.4, -0.2) is 25.9 Å². The maximum absolute atomic E-state index is 12.4. The van der Waals surface area contributed by atoms with Crippen LogP contribution in [0.2, 0.25) is 0 Å². The largest absolute Gasteiger partial charge is 0.296 e. The van der Waals surface area contributed by atoms with Gasteiger partial charge in [-0.2, -0.15) is 0 Å². The van der Waals surface area contributed by atoms with Crippen LogP contribution in [0, 0.1) is 13.8 Å². The normalized spacial score (nSPS) is 11.0. The molecule has 0 aliphatic rings. The number of amides is 1. The summed E-state index contributed by atoms with van der Waals surface area (Å²) in [7, 11) is 0. The third kappa shape index (κ3) is 2.89. The average Bonchev–Trinajstić information content (AvgIpc) is 3.27. The minimum Gasteiger partial charge on any atom is -0.296 e. The van der Waals surface area contributed by atoms with Crippen LogP contribution in [0.25, 0.3) is 15.9 Å². The van der Waals surface area contributed by atoms with E-state index in [4.69, 9.17) is 0 Å². The minimum absolute atomic E-state index is 0.247. The van der Waals surface area contributed by atoms with Gasteiger partial charge in [0.2, 0.25) is 0 Å². The van der Waals surface area contributed by atoms with Crippen molar-refractivity contribution in [3.05, 3.63) is 65.5 Å². The van der Waals surface area contributed by atoms with Gasteiger partial charge in [-0.1, -0.05) is 46.9 Å². The third-order valence-electron chi connectivity index (χ3n) is 3.91. The van der Waals surface area contributed by atoms with Crippen molar-refractivity contribution in [2.75, 3.05) is 5.32 Å². The number of para-hydroxylation sites is 1. The highest BCUT2D eigenvalue weighted by Crippen LogP contribution is 2.31. The van der Waals surface area contributed by atoms with Crippen molar-refractivity contribution in [2.45, 2.75) is 13.8 Å². The molecule has 0 radical (unpaired) electrons. The Kier molecular flexibility index (Phi) is 3.77. The SMILES string of the molecule is Cc1ccc(C)c2sc(NC(=O)c3cn(-c4ccccc4)nn3)nc12. The lowest BCUT2D eigenvalue weighted by Gasteiger charge is -1.98. The molecule has 7 heteroatoms. The predicted octanol–water partition coefficient (Wildman–Crippen LogP) is 3.75. The van der Waals surface area contributed by atoms with Crippen molar-refractivity contribution in [3.8, 4) is 5.69 Å². The van der Waals surface area contributed by atoms with Gasteiger partial charge in [0.25, 0.3) is 5.91 Å². The Hall–Kier alpha value is -3.06. The number of thiazole rings is 1. The number of nitrogens with zero attached hydrogens (tertiary/aromatic N) is 4. The Morgan fingerprint density at radius 1 is 1.08 bits per heavy atom. The summed E-state index contributed by atoms with van der Waals surface area (Å²) >= 11 is 1.47. The lowest BCUT2D eigenvalue weighted by molar-refractivity contribution is 0.102. The van der Waals surface area contributed by atoms with E-state index in [1.165, 1.54) is 11.3 Å². The molecule has 1 N–H and O–H groups in total. The number of aryl methyl sites for hydroxylation is 2. The zero-order valence-corrected chi connectivity index (χ0v) is 14.5. The molecule has 0 saturated heterocycles. The lowest BCUT2D eigenvalue weighted by Crippen LogP contribution is -2.12. The zero-order valence-electron chi connectivity index (χ0n) is 13.7. The van der Waals surface area contributed by atoms with Gasteiger partial charge in [0.1, 0.15) is 0 Å². The van der Waals surface area contributed by atoms with Crippen LogP contribution < -0.4 is 5.32 Å². The topological polar surface area (TPSA) is 72.7 Å². The molecule has 0 unspecified atom stereocenters. The van der Waals surface area contributed by atoms with Crippen LogP contribution in [0.1, 0.15) is 21.6 Å². The number of hydrogen-bond acceptors (Lipinski definition) is 5. The first-order valence-corrected chi connectivity index (χ1v) is 8.59. The fourth-order valence-corrected chi connectivity index (χ4v) is 3.56. The van der Waals surface area contributed by atoms with Crippen LogP contribution >= 0.6 is 11.3 Å². The molecular weight excluding hydrogens is 334 g/mol. The van der Waals surface area contributed by atoms with E-state index in [0.717, 1.165) is 27.0 Å². The molecule has 0 atom stereocenters. The number of hydrogen-bond donors (Lipinski definition) is 1. The summed E-state index contributed by atoms with van der Waals surface area (Å²) in [5, 5.41) is 11.3. The lowest BCUT2D eigenvalue weighted by atomic mass is 10.1. The minimum atomic E-state index is -0.323. The van der Waals surface area contributed by atoms with Gasteiger partial charge in [-0.15, -0.1) is 5.10 Å². The van der Waals surface area contributed by atoms with Gasteiger partial charge in [-0.3, -0.25) is 10.1 Å². The maximum Gasteiger partial charge on any atom is 0.279 e. The summed E-state index contributed by atoms with van der Waals surface area (Å²) in [6.45, 7) is 4.05. The molecule has 0 fully saturated rings. The molecule has 124 valence electrons. The van der Waals surface area contributed by atoms with Gasteiger partial charge in [-0.05, 0) is 37.1 Å². The smallest absolute Gasteiger partial charge is 0.279 e. The van der Waals surface area contributed by atoms with E-state index in [1.54, 1.807) is 10.9 Å². The molecule has 2 aromatic carbocycles. The molecule has 2 heterocycles. The maximum atomic E-state index is 12.4. The quantitative estimate of drug-likeness (QED) is 0.611. The Morgan fingerprint density at radius 3 is 2.60 bits per heavy atom. The van der Waals surface area contributed by atoms with Crippen molar-refractivity contribution < 1.29 is 4.79 Å². The van der Waals surface area contributed by atoms with E-state index in [1.807, 2.05) is 50.2 Å². The number of anilines is 1. The first kappa shape index (κ1) is 15.5. The molecule has 1 amide bonds. The summed E-state index contributed by atoms with van der Waals surface area (Å²) in [6.07, 6.45) is 1.61. The van der Waals surface area contributed by atoms with E-state index in [-0.39, 0.29) is 11.6 Å². The number of carbonyl (C=O) groups excluding carboxylic acids is 1. The molecule has 0 saturated carbocycles. The second-order valence-electron chi connectivity index (χ2n) is 5.73. The highest BCUT2D eigenvalue weighted by molar-refractivity contribution is 7.22. The predicted molar refractivity (Wildman–Crippen MR) is 98.4 cm³/mol. The number of nitrogens with one attached hydrogen (secondary N) is 1. The molecule has 2 aromatic heterocycles. The van der Waals surface area contributed by atoms with Crippen LogP contribution in [0.3, 0.4) is 0 Å². The molecule has 0 aliphatic heterocycles. The molecule has 0 spiro atoms. The molecular formula is C18H15N5OS. The fraction of sp³-hybridized carbons (Fsp3) is 0.111. The number of fused-ring (bicyclic) bond motifs is 1. The third-order valence-corrected chi connectivity index (χ3v) is 5.02. The van der Waals surface area contributed by atoms with E-state index in [0.29, 0.717) is 5.13 Å². The Balaban J connectivity index is 1.60. The van der Waals surface area contributed by atoms with Gasteiger partial charge in [-0.25, -0.2) is 9.67 Å². The van der Waals surface area contributed by atoms with Gasteiger partial charge < -0.3 is 0 Å². The summed E-state index contributed by atoms with van der Waals surface area (Å²) in [5.41, 5.74) is 4.26. The molecule has 0 bridgehead atoms. The van der Waals surface area contributed by atoms with Crippen LogP contribution in [-0.2, 0) is 0 Å². The van der Waals surface area contributed by atoms with Crippen molar-refractivity contribution in [1.82, 2.24) is 20.0 Å². The highest BCUT2D eigenvalue weighted by Gasteiger charge is 2.15. The molecule has 4 aromatic rings. The standard InChI is InChI=1S/C18H15N5OS/c1-11-8-9-12(2)16-15(11)19-18(25-16)20-17(24)14-10-23(22-21-14)13-6-4-3-5-7-13/h3-10H,1-2H3,(H,19,20,24). The number of benzene rings is 2. The van der Waals surface area contributed by atoms with Gasteiger partial charge in [0.15, 0.2) is 10.8 Å². The van der Waals surface area contributed by atoms with E-state index < -0.39 is 0 Å². The Bertz CT molecular complexity index is 1030. The van der Waals surface area contributed by atoms with Crippen LogP contribution in [0.15, 0.2) is 48.7 Å². The first-order valence-electron chi connectivity index (χ1n) is 7.78. The second kappa shape index (κ2) is 6.10. The molecule has 4 rings (SSSR count). The van der Waals surface area contributed by atoms with Gasteiger partial charge in [0.05, 0.1) is 22.1 Å². The van der Waals surface area contributed by atoms with Crippen molar-refractivity contribution in [2.24, 2.45) is 0 Å². The molecule has 25 heavy (non-hydrogen) atoms. The van der Waals surface area contributed by atoms with Crippen molar-refractivity contribution in [1.29, 1.82) is 0 Å². The van der Waals surface area contributed by atoms with Crippen LogP contribution in [0.5, 0.6) is 0 Å². The fourth-order valence-electron chi connectivity index (χ4n) is 2.55. The molecule has 6 nitrogen and oxygen atoms in total. The molecule has 0 aliphatic carbocycles. The van der Waals surface area contributed by atoms with Gasteiger partial charge in [0, 0.05) is 0 Å². The Morgan fingerprint density at radius 2 is 1.84 bits per heavy atom. The van der Waals surface area contributed by atoms with E-state index >= 15 is 0 Å². The van der Waals surface area contributed by atoms with Gasteiger partial charge >= 0.3 is 0 Å². The summed E-state index contributed by atoms with van der Waals surface area (Å²) in [4.78, 5) is 17.0. The average molecular weight is 349 g/mol. The monoisotopic (exact) mass is 349 g/mol. The van der Waals surface area contributed by atoms with E-state index in [2.05, 4.69) is 26.7 Å². The van der Waals surface area contributed by atoms with Crippen LogP contribution in [0.4, 0.5) is 5.13 Å². The Labute approximate surface area is 148 Å². The number of aromatic nitrogens is 4. The highest BCUT2D eigenvalue weighted by atomic mass is 32.1. The summed E-state index contributed by atoms with van der Waals surface area (Å²) in [5.74, 6) is -0.323. The summed E-state index contributed by atoms with van der Waals surface area (Å²) in [6, 6.07) is 13.6. The number of rotatable bonds is 3. The van der Waals surface area contributed by atoms with E-state index in [9.17, 15) is 4.79 Å². The zero-order chi connectivity index (χ0) is 17.4. The number of carbonyl (C=O) groups is 1. The van der Waals surface area contributed by atoms with Crippen molar-refractivity contribution in [3.63, 3.8) is 0 Å². The summed E-state index contributed by atoms with van der Waals surface area (Å²) < 4.78 is 2.66. The van der Waals surface area contributed by atoms with Crippen molar-refractivity contribution >= 4 is 32.6 Å².